The normalized spacial score (nSPS) is 15.1. The SMILES string of the molecule is COC(=O)N1CCC(NC(=O)CCc2cccc(OC)c2)CC1. The number of nitrogens with zero attached hydrogens (tertiary/aromatic N) is 1. The number of ether oxygens (including phenoxy) is 2. The summed E-state index contributed by atoms with van der Waals surface area (Å²) < 4.78 is 9.88. The van der Waals surface area contributed by atoms with Crippen LogP contribution in [-0.2, 0) is 16.0 Å². The third kappa shape index (κ3) is 5.16. The van der Waals surface area contributed by atoms with E-state index in [1.807, 2.05) is 24.3 Å². The van der Waals surface area contributed by atoms with Crippen molar-refractivity contribution in [1.82, 2.24) is 10.2 Å². The first kappa shape index (κ1) is 17.1. The van der Waals surface area contributed by atoms with E-state index in [0.717, 1.165) is 24.2 Å². The maximum Gasteiger partial charge on any atom is 0.409 e. The summed E-state index contributed by atoms with van der Waals surface area (Å²) in [4.78, 5) is 25.1. The van der Waals surface area contributed by atoms with Gasteiger partial charge in [-0.3, -0.25) is 4.79 Å². The van der Waals surface area contributed by atoms with Gasteiger partial charge in [0.05, 0.1) is 14.2 Å². The number of hydrogen-bond acceptors (Lipinski definition) is 4. The summed E-state index contributed by atoms with van der Waals surface area (Å²) in [5.74, 6) is 0.849. The molecular formula is C17H24N2O4. The molecule has 1 heterocycles. The van der Waals surface area contributed by atoms with E-state index >= 15 is 0 Å². The molecule has 0 atom stereocenters. The van der Waals surface area contributed by atoms with Gasteiger partial charge >= 0.3 is 6.09 Å². The third-order valence-corrected chi connectivity index (χ3v) is 4.07. The van der Waals surface area contributed by atoms with Crippen molar-refractivity contribution < 1.29 is 19.1 Å². The van der Waals surface area contributed by atoms with Crippen LogP contribution in [-0.4, -0.2) is 50.3 Å². The first-order chi connectivity index (χ1) is 11.1. The number of carbonyl (C=O) groups excluding carboxylic acids is 2. The molecule has 1 aromatic carbocycles. The second kappa shape index (κ2) is 8.41. The highest BCUT2D eigenvalue weighted by Gasteiger charge is 2.23. The fourth-order valence-electron chi connectivity index (χ4n) is 2.72. The van der Waals surface area contributed by atoms with Crippen LogP contribution >= 0.6 is 0 Å². The van der Waals surface area contributed by atoms with Gasteiger partial charge in [-0.1, -0.05) is 12.1 Å². The molecule has 0 aliphatic carbocycles. The molecule has 1 aromatic rings. The van der Waals surface area contributed by atoms with Gasteiger partial charge in [-0.2, -0.15) is 0 Å². The van der Waals surface area contributed by atoms with E-state index < -0.39 is 0 Å². The highest BCUT2D eigenvalue weighted by atomic mass is 16.5. The van der Waals surface area contributed by atoms with E-state index in [4.69, 9.17) is 9.47 Å². The number of carbonyl (C=O) groups is 2. The molecule has 0 aromatic heterocycles. The number of methoxy groups -OCH3 is 2. The topological polar surface area (TPSA) is 67.9 Å². The maximum absolute atomic E-state index is 12.1. The van der Waals surface area contributed by atoms with Crippen molar-refractivity contribution in [2.45, 2.75) is 31.7 Å². The van der Waals surface area contributed by atoms with Crippen LogP contribution in [0.3, 0.4) is 0 Å². The molecule has 1 N–H and O–H groups in total. The maximum atomic E-state index is 12.1. The Morgan fingerprint density at radius 2 is 2.00 bits per heavy atom. The van der Waals surface area contributed by atoms with Crippen molar-refractivity contribution in [2.24, 2.45) is 0 Å². The van der Waals surface area contributed by atoms with Crippen LogP contribution in [0.4, 0.5) is 4.79 Å². The number of likely N-dealkylation sites (tertiary alicyclic amines) is 1. The van der Waals surface area contributed by atoms with Gasteiger partial charge in [0.2, 0.25) is 5.91 Å². The van der Waals surface area contributed by atoms with E-state index in [2.05, 4.69) is 5.32 Å². The zero-order valence-corrected chi connectivity index (χ0v) is 13.7. The minimum Gasteiger partial charge on any atom is -0.497 e. The molecule has 2 amide bonds. The van der Waals surface area contributed by atoms with Gasteiger partial charge in [0.1, 0.15) is 5.75 Å². The van der Waals surface area contributed by atoms with Gasteiger partial charge < -0.3 is 19.7 Å². The van der Waals surface area contributed by atoms with Crippen LogP contribution in [0.2, 0.25) is 0 Å². The lowest BCUT2D eigenvalue weighted by atomic mass is 10.0. The minimum atomic E-state index is -0.298. The molecule has 2 rings (SSSR count). The molecule has 0 radical (unpaired) electrons. The molecule has 6 nitrogen and oxygen atoms in total. The van der Waals surface area contributed by atoms with Gasteiger partial charge in [-0.25, -0.2) is 4.79 Å². The fourth-order valence-corrected chi connectivity index (χ4v) is 2.72. The number of rotatable bonds is 5. The summed E-state index contributed by atoms with van der Waals surface area (Å²) >= 11 is 0. The first-order valence-electron chi connectivity index (χ1n) is 7.87. The van der Waals surface area contributed by atoms with Gasteiger partial charge in [-0.05, 0) is 37.0 Å². The molecule has 1 fully saturated rings. The van der Waals surface area contributed by atoms with Gasteiger partial charge in [-0.15, -0.1) is 0 Å². The minimum absolute atomic E-state index is 0.0457. The predicted molar refractivity (Wildman–Crippen MR) is 86.5 cm³/mol. The zero-order valence-electron chi connectivity index (χ0n) is 13.7. The van der Waals surface area contributed by atoms with Crippen LogP contribution in [0.1, 0.15) is 24.8 Å². The van der Waals surface area contributed by atoms with Crippen LogP contribution in [0, 0.1) is 0 Å². The molecule has 6 heteroatoms. The Balaban J connectivity index is 1.72. The van der Waals surface area contributed by atoms with Gasteiger partial charge in [0, 0.05) is 25.6 Å². The van der Waals surface area contributed by atoms with Crippen molar-refractivity contribution in [3.63, 3.8) is 0 Å². The Bertz CT molecular complexity index is 539. The lowest BCUT2D eigenvalue weighted by Gasteiger charge is -2.31. The van der Waals surface area contributed by atoms with Crippen LogP contribution in [0.15, 0.2) is 24.3 Å². The van der Waals surface area contributed by atoms with Crippen LogP contribution in [0.25, 0.3) is 0 Å². The largest absolute Gasteiger partial charge is 0.497 e. The van der Waals surface area contributed by atoms with Crippen molar-refractivity contribution in [3.05, 3.63) is 29.8 Å². The number of amides is 2. The van der Waals surface area contributed by atoms with E-state index in [1.165, 1.54) is 7.11 Å². The van der Waals surface area contributed by atoms with Crippen molar-refractivity contribution in [3.8, 4) is 5.75 Å². The lowest BCUT2D eigenvalue weighted by molar-refractivity contribution is -0.122. The molecule has 0 bridgehead atoms. The average Bonchev–Trinajstić information content (AvgIpc) is 2.60. The van der Waals surface area contributed by atoms with E-state index in [9.17, 15) is 9.59 Å². The summed E-state index contributed by atoms with van der Waals surface area (Å²) in [6.07, 6.45) is 2.36. The third-order valence-electron chi connectivity index (χ3n) is 4.07. The standard InChI is InChI=1S/C17H24N2O4/c1-22-15-5-3-4-13(12-15)6-7-16(20)18-14-8-10-19(11-9-14)17(21)23-2/h3-5,12,14H,6-11H2,1-2H3,(H,18,20). The molecule has 1 aliphatic rings. The molecule has 0 unspecified atom stereocenters. The van der Waals surface area contributed by atoms with Crippen LogP contribution in [0.5, 0.6) is 5.75 Å². The molecule has 1 aliphatic heterocycles. The predicted octanol–water partition coefficient (Wildman–Crippen LogP) is 1.97. The Labute approximate surface area is 136 Å². The van der Waals surface area contributed by atoms with Gasteiger partial charge in [0.25, 0.3) is 0 Å². The molecule has 0 saturated carbocycles. The number of benzene rings is 1. The monoisotopic (exact) mass is 320 g/mol. The number of nitrogens with one attached hydrogen (secondary N) is 1. The van der Waals surface area contributed by atoms with E-state index in [-0.39, 0.29) is 18.0 Å². The van der Waals surface area contributed by atoms with Crippen molar-refractivity contribution >= 4 is 12.0 Å². The first-order valence-corrected chi connectivity index (χ1v) is 7.87. The number of piperidine rings is 1. The number of hydrogen-bond donors (Lipinski definition) is 1. The molecule has 126 valence electrons. The Morgan fingerprint density at radius 1 is 1.26 bits per heavy atom. The smallest absolute Gasteiger partial charge is 0.409 e. The molecular weight excluding hydrogens is 296 g/mol. The highest BCUT2D eigenvalue weighted by molar-refractivity contribution is 5.76. The Hall–Kier alpha value is -2.24. The van der Waals surface area contributed by atoms with Crippen LogP contribution < -0.4 is 10.1 Å². The molecule has 0 spiro atoms. The highest BCUT2D eigenvalue weighted by Crippen LogP contribution is 2.15. The van der Waals surface area contributed by atoms with E-state index in [1.54, 1.807) is 12.0 Å². The molecule has 23 heavy (non-hydrogen) atoms. The van der Waals surface area contributed by atoms with Gasteiger partial charge in [0.15, 0.2) is 0 Å². The van der Waals surface area contributed by atoms with Crippen molar-refractivity contribution in [2.75, 3.05) is 27.3 Å². The molecule has 1 saturated heterocycles. The average molecular weight is 320 g/mol. The second-order valence-electron chi connectivity index (χ2n) is 5.65. The summed E-state index contributed by atoms with van der Waals surface area (Å²) in [5, 5.41) is 3.05. The number of aryl methyl sites for hydroxylation is 1. The second-order valence-corrected chi connectivity index (χ2v) is 5.65. The summed E-state index contributed by atoms with van der Waals surface area (Å²) in [7, 11) is 3.02. The Kier molecular flexibility index (Phi) is 6.26. The summed E-state index contributed by atoms with van der Waals surface area (Å²) in [6, 6.07) is 7.88. The van der Waals surface area contributed by atoms with E-state index in [0.29, 0.717) is 25.9 Å². The summed E-state index contributed by atoms with van der Waals surface area (Å²) in [6.45, 7) is 1.24. The zero-order chi connectivity index (χ0) is 16.7. The quantitative estimate of drug-likeness (QED) is 0.901. The summed E-state index contributed by atoms with van der Waals surface area (Å²) in [5.41, 5.74) is 1.08. The fraction of sp³-hybridized carbons (Fsp3) is 0.529. The Morgan fingerprint density at radius 3 is 2.65 bits per heavy atom. The lowest BCUT2D eigenvalue weighted by Crippen LogP contribution is -2.46. The van der Waals surface area contributed by atoms with Crippen molar-refractivity contribution in [1.29, 1.82) is 0 Å².